The number of nitrogens with zero attached hydrogens (tertiary/aromatic N) is 2. The molecular formula is C11H18N4OS2. The molecule has 1 saturated carbocycles. The van der Waals surface area contributed by atoms with Crippen LogP contribution in [0.4, 0.5) is 5.13 Å². The number of carbonyl (C=O) groups excluding carboxylic acids is 1. The Balaban J connectivity index is 1.62. The van der Waals surface area contributed by atoms with E-state index < -0.39 is 0 Å². The predicted molar refractivity (Wildman–Crippen MR) is 74.6 cm³/mol. The molecule has 0 atom stereocenters. The molecule has 1 aliphatic carbocycles. The van der Waals surface area contributed by atoms with Crippen molar-refractivity contribution >= 4 is 34.1 Å². The zero-order valence-electron chi connectivity index (χ0n) is 10.2. The molecule has 2 rings (SSSR count). The highest BCUT2D eigenvalue weighted by molar-refractivity contribution is 8.01. The van der Waals surface area contributed by atoms with Crippen molar-refractivity contribution in [3.05, 3.63) is 0 Å². The first-order valence-corrected chi connectivity index (χ1v) is 8.03. The first kappa shape index (κ1) is 13.6. The van der Waals surface area contributed by atoms with Gasteiger partial charge in [-0.25, -0.2) is 0 Å². The molecule has 0 spiro atoms. The van der Waals surface area contributed by atoms with Crippen LogP contribution < -0.4 is 11.1 Å². The van der Waals surface area contributed by atoms with Crippen LogP contribution in [-0.4, -0.2) is 28.4 Å². The average Bonchev–Trinajstić information content (AvgIpc) is 2.81. The van der Waals surface area contributed by atoms with Gasteiger partial charge >= 0.3 is 0 Å². The van der Waals surface area contributed by atoms with E-state index in [1.165, 1.54) is 55.2 Å². The molecule has 1 heterocycles. The van der Waals surface area contributed by atoms with Crippen LogP contribution in [-0.2, 0) is 4.79 Å². The van der Waals surface area contributed by atoms with E-state index in [-0.39, 0.29) is 5.91 Å². The summed E-state index contributed by atoms with van der Waals surface area (Å²) in [5.41, 5.74) is 5.47. The van der Waals surface area contributed by atoms with Crippen LogP contribution in [0.2, 0.25) is 0 Å². The lowest BCUT2D eigenvalue weighted by atomic mass is 9.89. The molecule has 18 heavy (non-hydrogen) atoms. The molecule has 1 amide bonds. The van der Waals surface area contributed by atoms with E-state index in [9.17, 15) is 4.79 Å². The Labute approximate surface area is 115 Å². The fraction of sp³-hybridized carbons (Fsp3) is 0.727. The number of nitrogens with one attached hydrogen (secondary N) is 1. The minimum atomic E-state index is 0.0688. The third kappa shape index (κ3) is 4.45. The number of hydrogen-bond acceptors (Lipinski definition) is 6. The van der Waals surface area contributed by atoms with Crippen molar-refractivity contribution in [1.82, 2.24) is 15.5 Å². The highest BCUT2D eigenvalue weighted by atomic mass is 32.2. The largest absolute Gasteiger partial charge is 0.374 e. The van der Waals surface area contributed by atoms with Gasteiger partial charge < -0.3 is 11.1 Å². The molecule has 7 heteroatoms. The van der Waals surface area contributed by atoms with Crippen molar-refractivity contribution in [2.75, 3.05) is 18.0 Å². The fourth-order valence-electron chi connectivity index (χ4n) is 2.11. The Morgan fingerprint density at radius 2 is 2.17 bits per heavy atom. The number of nitrogens with two attached hydrogens (primary N) is 1. The first-order chi connectivity index (χ1) is 8.74. The molecular weight excluding hydrogens is 268 g/mol. The molecule has 0 bridgehead atoms. The van der Waals surface area contributed by atoms with Crippen molar-refractivity contribution in [2.45, 2.75) is 36.4 Å². The minimum Gasteiger partial charge on any atom is -0.374 e. The van der Waals surface area contributed by atoms with Gasteiger partial charge in [-0.3, -0.25) is 4.79 Å². The lowest BCUT2D eigenvalue weighted by molar-refractivity contribution is -0.118. The Hall–Kier alpha value is -0.820. The zero-order chi connectivity index (χ0) is 12.8. The van der Waals surface area contributed by atoms with Crippen LogP contribution in [0.15, 0.2) is 4.34 Å². The molecule has 1 fully saturated rings. The smallest absolute Gasteiger partial charge is 0.230 e. The molecule has 5 nitrogen and oxygen atoms in total. The monoisotopic (exact) mass is 286 g/mol. The van der Waals surface area contributed by atoms with Crippen molar-refractivity contribution in [3.8, 4) is 0 Å². The topological polar surface area (TPSA) is 80.9 Å². The van der Waals surface area contributed by atoms with Gasteiger partial charge in [-0.2, -0.15) is 0 Å². The summed E-state index contributed by atoms with van der Waals surface area (Å²) in [6.45, 7) is 0.817. The van der Waals surface area contributed by atoms with Crippen LogP contribution >= 0.6 is 23.1 Å². The SMILES string of the molecule is Nc1nnc(SCC(=O)NCC2CCCCC2)s1. The summed E-state index contributed by atoms with van der Waals surface area (Å²) in [5, 5.41) is 11.0. The molecule has 0 aromatic carbocycles. The second kappa shape index (κ2) is 6.94. The van der Waals surface area contributed by atoms with Crippen LogP contribution in [0.1, 0.15) is 32.1 Å². The predicted octanol–water partition coefficient (Wildman–Crippen LogP) is 1.91. The van der Waals surface area contributed by atoms with Crippen LogP contribution in [0.3, 0.4) is 0 Å². The number of hydrogen-bond donors (Lipinski definition) is 2. The molecule has 100 valence electrons. The van der Waals surface area contributed by atoms with E-state index in [1.54, 1.807) is 0 Å². The van der Waals surface area contributed by atoms with Crippen LogP contribution in [0.5, 0.6) is 0 Å². The summed E-state index contributed by atoms with van der Waals surface area (Å²) in [6, 6.07) is 0. The van der Waals surface area contributed by atoms with Gasteiger partial charge in [0.05, 0.1) is 5.75 Å². The van der Waals surface area contributed by atoms with E-state index >= 15 is 0 Å². The third-order valence-electron chi connectivity index (χ3n) is 3.06. The normalized spacial score (nSPS) is 16.7. The first-order valence-electron chi connectivity index (χ1n) is 6.22. The lowest BCUT2D eigenvalue weighted by Crippen LogP contribution is -2.31. The number of rotatable bonds is 5. The minimum absolute atomic E-state index is 0.0688. The Morgan fingerprint density at radius 3 is 2.83 bits per heavy atom. The van der Waals surface area contributed by atoms with Gasteiger partial charge in [0.25, 0.3) is 0 Å². The van der Waals surface area contributed by atoms with Gasteiger partial charge in [-0.15, -0.1) is 10.2 Å². The molecule has 1 aliphatic rings. The van der Waals surface area contributed by atoms with Gasteiger partial charge in [0.2, 0.25) is 11.0 Å². The van der Waals surface area contributed by atoms with Crippen molar-refractivity contribution in [2.24, 2.45) is 5.92 Å². The quantitative estimate of drug-likeness (QED) is 0.808. The number of nitrogen functional groups attached to an aromatic ring is 1. The molecule has 0 saturated heterocycles. The average molecular weight is 286 g/mol. The second-order valence-electron chi connectivity index (χ2n) is 4.50. The molecule has 0 aliphatic heterocycles. The number of aromatic nitrogens is 2. The van der Waals surface area contributed by atoms with Gasteiger partial charge in [0.1, 0.15) is 0 Å². The number of thioether (sulfide) groups is 1. The van der Waals surface area contributed by atoms with Crippen molar-refractivity contribution in [3.63, 3.8) is 0 Å². The maximum Gasteiger partial charge on any atom is 0.230 e. The van der Waals surface area contributed by atoms with E-state index in [4.69, 9.17) is 5.73 Å². The number of carbonyl (C=O) groups is 1. The Bertz CT molecular complexity index is 390. The summed E-state index contributed by atoms with van der Waals surface area (Å²) in [4.78, 5) is 11.7. The highest BCUT2D eigenvalue weighted by Crippen LogP contribution is 2.24. The van der Waals surface area contributed by atoms with Gasteiger partial charge in [0.15, 0.2) is 4.34 Å². The van der Waals surface area contributed by atoms with Crippen LogP contribution in [0, 0.1) is 5.92 Å². The van der Waals surface area contributed by atoms with Crippen molar-refractivity contribution < 1.29 is 4.79 Å². The summed E-state index contributed by atoms with van der Waals surface area (Å²) in [5.74, 6) is 1.13. The Morgan fingerprint density at radius 1 is 1.39 bits per heavy atom. The molecule has 0 unspecified atom stereocenters. The second-order valence-corrected chi connectivity index (χ2v) is 6.73. The zero-order valence-corrected chi connectivity index (χ0v) is 11.9. The number of anilines is 1. The molecule has 1 aromatic rings. The molecule has 0 radical (unpaired) electrons. The van der Waals surface area contributed by atoms with E-state index in [0.717, 1.165) is 10.9 Å². The molecule has 3 N–H and O–H groups in total. The standard InChI is InChI=1S/C11H18N4OS2/c12-10-14-15-11(18-10)17-7-9(16)13-6-8-4-2-1-3-5-8/h8H,1-7H2,(H2,12,14)(H,13,16). The van der Waals surface area contributed by atoms with E-state index in [1.807, 2.05) is 0 Å². The summed E-state index contributed by atoms with van der Waals surface area (Å²) < 4.78 is 0.750. The fourth-order valence-corrected chi connectivity index (χ4v) is 3.57. The van der Waals surface area contributed by atoms with Gasteiger partial charge in [-0.05, 0) is 18.8 Å². The number of amides is 1. The Kier molecular flexibility index (Phi) is 5.25. The summed E-state index contributed by atoms with van der Waals surface area (Å²) >= 11 is 2.70. The van der Waals surface area contributed by atoms with Gasteiger partial charge in [0, 0.05) is 6.54 Å². The third-order valence-corrected chi connectivity index (χ3v) is 4.95. The van der Waals surface area contributed by atoms with E-state index in [2.05, 4.69) is 15.5 Å². The maximum absolute atomic E-state index is 11.7. The highest BCUT2D eigenvalue weighted by Gasteiger charge is 2.14. The van der Waals surface area contributed by atoms with Crippen molar-refractivity contribution in [1.29, 1.82) is 0 Å². The summed E-state index contributed by atoms with van der Waals surface area (Å²) in [7, 11) is 0. The summed E-state index contributed by atoms with van der Waals surface area (Å²) in [6.07, 6.45) is 6.46. The lowest BCUT2D eigenvalue weighted by Gasteiger charge is -2.21. The maximum atomic E-state index is 11.7. The van der Waals surface area contributed by atoms with E-state index in [0.29, 0.717) is 16.8 Å². The molecule has 1 aromatic heterocycles. The van der Waals surface area contributed by atoms with Gasteiger partial charge in [-0.1, -0.05) is 42.4 Å². The van der Waals surface area contributed by atoms with Crippen LogP contribution in [0.25, 0.3) is 0 Å².